The number of rotatable bonds is 8. The molecule has 0 spiro atoms. The van der Waals surface area contributed by atoms with Crippen LogP contribution in [0, 0.1) is 5.92 Å². The lowest BCUT2D eigenvalue weighted by atomic mass is 10.2. The fraction of sp³-hybridized carbons (Fsp3) is 0.786. The number of anilines is 1. The molecular formula is C14H28N4S. The van der Waals surface area contributed by atoms with Crippen molar-refractivity contribution in [2.45, 2.75) is 33.7 Å². The highest BCUT2D eigenvalue weighted by Crippen LogP contribution is 2.27. The Morgan fingerprint density at radius 2 is 1.95 bits per heavy atom. The summed E-state index contributed by atoms with van der Waals surface area (Å²) in [6, 6.07) is 0. The van der Waals surface area contributed by atoms with Gasteiger partial charge in [-0.1, -0.05) is 20.8 Å². The molecule has 0 aliphatic carbocycles. The number of thiazole rings is 1. The van der Waals surface area contributed by atoms with Crippen molar-refractivity contribution >= 4 is 16.5 Å². The molecule has 1 aromatic rings. The molecule has 2 N–H and O–H groups in total. The maximum absolute atomic E-state index is 5.81. The van der Waals surface area contributed by atoms with Gasteiger partial charge in [-0.05, 0) is 26.4 Å². The van der Waals surface area contributed by atoms with E-state index in [1.54, 1.807) is 11.3 Å². The topological polar surface area (TPSA) is 45.4 Å². The molecule has 1 heterocycles. The molecule has 0 amide bonds. The molecule has 0 aliphatic heterocycles. The molecule has 1 rings (SSSR count). The van der Waals surface area contributed by atoms with Gasteiger partial charge >= 0.3 is 0 Å². The van der Waals surface area contributed by atoms with Crippen molar-refractivity contribution in [3.8, 4) is 0 Å². The molecule has 110 valence electrons. The fourth-order valence-electron chi connectivity index (χ4n) is 1.97. The van der Waals surface area contributed by atoms with Crippen molar-refractivity contribution in [1.29, 1.82) is 0 Å². The minimum atomic E-state index is 0.601. The molecule has 0 fully saturated rings. The Bertz CT molecular complexity index is 352. The molecule has 0 radical (unpaired) electrons. The van der Waals surface area contributed by atoms with Crippen molar-refractivity contribution in [1.82, 2.24) is 9.88 Å². The van der Waals surface area contributed by atoms with Crippen LogP contribution in [0.25, 0.3) is 0 Å². The van der Waals surface area contributed by atoms with E-state index in [0.717, 1.165) is 31.2 Å². The second kappa shape index (κ2) is 7.82. The summed E-state index contributed by atoms with van der Waals surface area (Å²) in [5.74, 6) is 0.637. The zero-order chi connectivity index (χ0) is 14.4. The van der Waals surface area contributed by atoms with Crippen LogP contribution in [0.1, 0.15) is 31.3 Å². The van der Waals surface area contributed by atoms with Crippen LogP contribution in [0.3, 0.4) is 0 Å². The van der Waals surface area contributed by atoms with E-state index in [4.69, 9.17) is 10.7 Å². The summed E-state index contributed by atoms with van der Waals surface area (Å²) in [7, 11) is 4.22. The first-order chi connectivity index (χ1) is 8.97. The smallest absolute Gasteiger partial charge is 0.185 e. The number of nitrogens with zero attached hydrogens (tertiary/aromatic N) is 3. The Kier molecular flexibility index (Phi) is 6.75. The number of nitrogens with two attached hydrogens (primary N) is 1. The summed E-state index contributed by atoms with van der Waals surface area (Å²) in [5, 5.41) is 1.13. The van der Waals surface area contributed by atoms with E-state index in [9.17, 15) is 0 Å². The van der Waals surface area contributed by atoms with E-state index in [0.29, 0.717) is 12.5 Å². The molecule has 0 aliphatic rings. The standard InChI is InChI=1S/C14H28N4S/c1-6-12-13(9-15)19-14(16-12)18(10-11(2)3)8-7-17(4)5/h11H,6-10,15H2,1-5H3. The van der Waals surface area contributed by atoms with Gasteiger partial charge in [0.15, 0.2) is 5.13 Å². The van der Waals surface area contributed by atoms with Gasteiger partial charge in [0.25, 0.3) is 0 Å². The van der Waals surface area contributed by atoms with Gasteiger partial charge in [-0.25, -0.2) is 4.98 Å². The first-order valence-corrected chi connectivity index (χ1v) is 7.87. The van der Waals surface area contributed by atoms with Crippen molar-refractivity contribution in [2.75, 3.05) is 38.6 Å². The third-order valence-electron chi connectivity index (χ3n) is 2.96. The van der Waals surface area contributed by atoms with E-state index in [-0.39, 0.29) is 0 Å². The van der Waals surface area contributed by atoms with Crippen LogP contribution in [0.4, 0.5) is 5.13 Å². The minimum absolute atomic E-state index is 0.601. The number of aromatic nitrogens is 1. The number of aryl methyl sites for hydroxylation is 1. The predicted octanol–water partition coefficient (Wildman–Crippen LogP) is 2.19. The fourth-order valence-corrected chi connectivity index (χ4v) is 3.03. The first-order valence-electron chi connectivity index (χ1n) is 7.06. The minimum Gasteiger partial charge on any atom is -0.347 e. The zero-order valence-corrected chi connectivity index (χ0v) is 13.8. The Morgan fingerprint density at radius 3 is 2.37 bits per heavy atom. The summed E-state index contributed by atoms with van der Waals surface area (Å²) < 4.78 is 0. The van der Waals surface area contributed by atoms with Crippen molar-refractivity contribution in [3.05, 3.63) is 10.6 Å². The molecule has 0 bridgehead atoms. The van der Waals surface area contributed by atoms with Crippen LogP contribution in [0.15, 0.2) is 0 Å². The second-order valence-corrected chi connectivity index (χ2v) is 6.63. The summed E-state index contributed by atoms with van der Waals surface area (Å²) >= 11 is 1.76. The van der Waals surface area contributed by atoms with Crippen LogP contribution < -0.4 is 10.6 Å². The summed E-state index contributed by atoms with van der Waals surface area (Å²) in [5.41, 5.74) is 6.97. The molecule has 0 atom stereocenters. The lowest BCUT2D eigenvalue weighted by Crippen LogP contribution is -2.34. The van der Waals surface area contributed by atoms with Crippen LogP contribution in [-0.4, -0.2) is 43.6 Å². The molecule has 19 heavy (non-hydrogen) atoms. The van der Waals surface area contributed by atoms with Crippen LogP contribution in [0.5, 0.6) is 0 Å². The molecule has 4 nitrogen and oxygen atoms in total. The van der Waals surface area contributed by atoms with E-state index in [2.05, 4.69) is 44.7 Å². The van der Waals surface area contributed by atoms with Crippen molar-refractivity contribution < 1.29 is 0 Å². The van der Waals surface area contributed by atoms with Crippen LogP contribution >= 0.6 is 11.3 Å². The largest absolute Gasteiger partial charge is 0.347 e. The first kappa shape index (κ1) is 16.4. The zero-order valence-electron chi connectivity index (χ0n) is 12.9. The Labute approximate surface area is 121 Å². The SMILES string of the molecule is CCc1nc(N(CCN(C)C)CC(C)C)sc1CN. The number of likely N-dealkylation sites (N-methyl/N-ethyl adjacent to an activating group) is 1. The predicted molar refractivity (Wildman–Crippen MR) is 85.0 cm³/mol. The highest BCUT2D eigenvalue weighted by Gasteiger charge is 2.15. The van der Waals surface area contributed by atoms with Gasteiger partial charge < -0.3 is 15.5 Å². The van der Waals surface area contributed by atoms with Gasteiger partial charge in [-0.15, -0.1) is 11.3 Å². The average Bonchev–Trinajstić information content (AvgIpc) is 2.76. The summed E-state index contributed by atoms with van der Waals surface area (Å²) in [4.78, 5) is 10.6. The molecule has 0 saturated carbocycles. The summed E-state index contributed by atoms with van der Waals surface area (Å²) in [6.07, 6.45) is 0.965. The van der Waals surface area contributed by atoms with E-state index >= 15 is 0 Å². The maximum atomic E-state index is 5.81. The molecule has 0 unspecified atom stereocenters. The van der Waals surface area contributed by atoms with E-state index < -0.39 is 0 Å². The monoisotopic (exact) mass is 284 g/mol. The van der Waals surface area contributed by atoms with Gasteiger partial charge in [-0.3, -0.25) is 0 Å². The van der Waals surface area contributed by atoms with Gasteiger partial charge in [0.05, 0.1) is 5.69 Å². The van der Waals surface area contributed by atoms with Crippen molar-refractivity contribution in [3.63, 3.8) is 0 Å². The molecule has 0 saturated heterocycles. The lowest BCUT2D eigenvalue weighted by molar-refractivity contribution is 0.409. The normalized spacial score (nSPS) is 11.6. The summed E-state index contributed by atoms with van der Waals surface area (Å²) in [6.45, 7) is 10.4. The maximum Gasteiger partial charge on any atom is 0.185 e. The average molecular weight is 284 g/mol. The highest BCUT2D eigenvalue weighted by molar-refractivity contribution is 7.15. The van der Waals surface area contributed by atoms with Gasteiger partial charge in [0.2, 0.25) is 0 Å². The Balaban J connectivity index is 2.86. The van der Waals surface area contributed by atoms with Gasteiger partial charge in [0.1, 0.15) is 0 Å². The van der Waals surface area contributed by atoms with E-state index in [1.807, 2.05) is 0 Å². The number of hydrogen-bond acceptors (Lipinski definition) is 5. The lowest BCUT2D eigenvalue weighted by Gasteiger charge is -2.25. The third-order valence-corrected chi connectivity index (χ3v) is 4.14. The van der Waals surface area contributed by atoms with Crippen LogP contribution in [0.2, 0.25) is 0 Å². The van der Waals surface area contributed by atoms with Crippen molar-refractivity contribution in [2.24, 2.45) is 11.7 Å². The molecule has 0 aromatic carbocycles. The van der Waals surface area contributed by atoms with E-state index in [1.165, 1.54) is 10.6 Å². The highest BCUT2D eigenvalue weighted by atomic mass is 32.1. The van der Waals surface area contributed by atoms with Crippen LogP contribution in [-0.2, 0) is 13.0 Å². The van der Waals surface area contributed by atoms with Gasteiger partial charge in [-0.2, -0.15) is 0 Å². The quantitative estimate of drug-likeness (QED) is 0.795. The van der Waals surface area contributed by atoms with Gasteiger partial charge in [0, 0.05) is 31.1 Å². The number of hydrogen-bond donors (Lipinski definition) is 1. The molecule has 5 heteroatoms. The Morgan fingerprint density at radius 1 is 1.26 bits per heavy atom. The second-order valence-electron chi connectivity index (χ2n) is 5.57. The third kappa shape index (κ3) is 5.09. The Hall–Kier alpha value is -0.650. The molecule has 1 aromatic heterocycles. The molecular weight excluding hydrogens is 256 g/mol.